The van der Waals surface area contributed by atoms with Gasteiger partial charge >= 0.3 is 12.1 Å². The van der Waals surface area contributed by atoms with Crippen LogP contribution in [-0.2, 0) is 31.0 Å². The number of carboxylic acid groups (broad SMARTS) is 1. The van der Waals surface area contributed by atoms with Crippen LogP contribution < -0.4 is 26.8 Å². The third kappa shape index (κ3) is 8.77. The Morgan fingerprint density at radius 1 is 1.26 bits per heavy atom. The first-order valence-electron chi connectivity index (χ1n) is 10.7. The van der Waals surface area contributed by atoms with Crippen LogP contribution in [0.3, 0.4) is 0 Å². The van der Waals surface area contributed by atoms with Gasteiger partial charge in [-0.25, -0.2) is 23.7 Å². The Kier molecular flexibility index (Phi) is 9.84. The number of rotatable bonds is 7. The standard InChI is InChI=1S/C19H24N6O5S.C2HF3O2/c1-12-4-3-5-15(8-12)31(28,29)24-16-7-6-13(2)25(18(16)27)11-17(26)21-9-14-10-22-19(20)23-30-14;3-2(4,5)1(6)7/h3-8,14,24H,9-11H2,1-2H3,(H,21,26)(H3,20,22,23);(H,6,7). The van der Waals surface area contributed by atoms with Crippen LogP contribution in [0.4, 0.5) is 18.9 Å². The van der Waals surface area contributed by atoms with Gasteiger partial charge in [0.2, 0.25) is 11.9 Å². The van der Waals surface area contributed by atoms with Crippen molar-refractivity contribution in [1.29, 1.82) is 0 Å². The van der Waals surface area contributed by atoms with Gasteiger partial charge in [0, 0.05) is 12.2 Å². The van der Waals surface area contributed by atoms with Crippen molar-refractivity contribution >= 4 is 33.5 Å². The number of carbonyl (C=O) groups is 2. The molecule has 1 atom stereocenters. The maximum atomic E-state index is 12.8. The number of benzene rings is 1. The van der Waals surface area contributed by atoms with Gasteiger partial charge < -0.3 is 20.7 Å². The molecule has 0 fully saturated rings. The molecular formula is C21H25F3N6O7S. The van der Waals surface area contributed by atoms with E-state index < -0.39 is 39.7 Å². The number of alkyl halides is 3. The number of aromatic nitrogens is 1. The highest BCUT2D eigenvalue weighted by atomic mass is 32.2. The van der Waals surface area contributed by atoms with E-state index in [2.05, 4.69) is 20.5 Å². The Morgan fingerprint density at radius 3 is 2.47 bits per heavy atom. The summed E-state index contributed by atoms with van der Waals surface area (Å²) in [5.74, 6) is -3.03. The summed E-state index contributed by atoms with van der Waals surface area (Å²) in [6.07, 6.45) is -5.48. The van der Waals surface area contributed by atoms with Crippen molar-refractivity contribution in [2.24, 2.45) is 10.7 Å². The van der Waals surface area contributed by atoms with Crippen molar-refractivity contribution in [3.63, 3.8) is 0 Å². The smallest absolute Gasteiger partial charge is 0.475 e. The summed E-state index contributed by atoms with van der Waals surface area (Å²) < 4.78 is 60.5. The van der Waals surface area contributed by atoms with E-state index in [-0.39, 0.29) is 36.2 Å². The second-order valence-electron chi connectivity index (χ2n) is 7.88. The van der Waals surface area contributed by atoms with Crippen molar-refractivity contribution in [2.75, 3.05) is 17.8 Å². The van der Waals surface area contributed by atoms with Gasteiger partial charge in [0.05, 0.1) is 11.4 Å². The molecule has 1 aliphatic heterocycles. The predicted molar refractivity (Wildman–Crippen MR) is 129 cm³/mol. The van der Waals surface area contributed by atoms with Crippen molar-refractivity contribution in [1.82, 2.24) is 15.4 Å². The van der Waals surface area contributed by atoms with Crippen LogP contribution >= 0.6 is 0 Å². The number of nitrogens with zero attached hydrogens (tertiary/aromatic N) is 2. The van der Waals surface area contributed by atoms with Crippen LogP contribution in [-0.4, -0.2) is 61.3 Å². The molecule has 2 aromatic rings. The first-order chi connectivity index (χ1) is 17.6. The van der Waals surface area contributed by atoms with E-state index in [1.807, 2.05) is 0 Å². The summed E-state index contributed by atoms with van der Waals surface area (Å²) in [4.78, 5) is 43.3. The molecule has 0 radical (unpaired) electrons. The van der Waals surface area contributed by atoms with Crippen LogP contribution in [0.25, 0.3) is 0 Å². The minimum absolute atomic E-state index is 0.0427. The molecule has 38 heavy (non-hydrogen) atoms. The number of aliphatic imine (C=N–C) groups is 1. The molecule has 17 heteroatoms. The van der Waals surface area contributed by atoms with Gasteiger partial charge in [0.25, 0.3) is 15.6 Å². The first-order valence-corrected chi connectivity index (χ1v) is 12.2. The minimum atomic E-state index is -5.08. The number of carbonyl (C=O) groups excluding carboxylic acids is 1. The number of aliphatic carboxylic acids is 1. The number of amides is 1. The maximum Gasteiger partial charge on any atom is 0.490 e. The molecule has 0 saturated heterocycles. The number of anilines is 1. The minimum Gasteiger partial charge on any atom is -0.475 e. The SMILES string of the molecule is Cc1cccc(S(=O)(=O)Nc2ccc(C)n(CC(=O)NCC3CN=C(N)NO3)c2=O)c1.O=C(O)C(F)(F)F. The molecule has 1 aromatic heterocycles. The largest absolute Gasteiger partial charge is 0.490 e. The van der Waals surface area contributed by atoms with Crippen LogP contribution in [0.2, 0.25) is 0 Å². The normalized spacial score (nSPS) is 15.3. The third-order valence-electron chi connectivity index (χ3n) is 4.80. The van der Waals surface area contributed by atoms with Crippen molar-refractivity contribution < 1.29 is 41.1 Å². The monoisotopic (exact) mass is 562 g/mol. The van der Waals surface area contributed by atoms with E-state index in [0.717, 1.165) is 5.56 Å². The number of nitrogens with two attached hydrogens (primary N) is 1. The number of pyridine rings is 1. The quantitative estimate of drug-likeness (QED) is 0.314. The molecule has 6 N–H and O–H groups in total. The maximum absolute atomic E-state index is 12.8. The number of carboxylic acids is 1. The molecule has 3 rings (SSSR count). The third-order valence-corrected chi connectivity index (χ3v) is 6.17. The average Bonchev–Trinajstić information content (AvgIpc) is 2.83. The Balaban J connectivity index is 0.000000638. The van der Waals surface area contributed by atoms with E-state index in [1.165, 1.54) is 22.8 Å². The Hall–Kier alpha value is -4.12. The van der Waals surface area contributed by atoms with Gasteiger partial charge in [-0.05, 0) is 43.7 Å². The number of guanidine groups is 1. The fourth-order valence-corrected chi connectivity index (χ4v) is 4.04. The summed E-state index contributed by atoms with van der Waals surface area (Å²) in [6.45, 7) is 3.59. The van der Waals surface area contributed by atoms with Crippen LogP contribution in [0.5, 0.6) is 0 Å². The molecular weight excluding hydrogens is 537 g/mol. The van der Waals surface area contributed by atoms with Crippen molar-refractivity contribution in [3.05, 3.63) is 58.0 Å². The Bertz CT molecular complexity index is 1380. The lowest BCUT2D eigenvalue weighted by atomic mass is 10.2. The highest BCUT2D eigenvalue weighted by molar-refractivity contribution is 7.92. The van der Waals surface area contributed by atoms with E-state index in [0.29, 0.717) is 5.69 Å². The molecule has 0 spiro atoms. The average molecular weight is 563 g/mol. The number of hydrogen-bond donors (Lipinski definition) is 5. The zero-order chi connectivity index (χ0) is 28.7. The van der Waals surface area contributed by atoms with Gasteiger partial charge in [-0.1, -0.05) is 12.1 Å². The summed E-state index contributed by atoms with van der Waals surface area (Å²) >= 11 is 0. The lowest BCUT2D eigenvalue weighted by Crippen LogP contribution is -2.46. The zero-order valence-electron chi connectivity index (χ0n) is 20.1. The highest BCUT2D eigenvalue weighted by Crippen LogP contribution is 2.15. The number of sulfonamides is 1. The van der Waals surface area contributed by atoms with E-state index in [9.17, 15) is 31.2 Å². The number of nitrogens with one attached hydrogen (secondary N) is 3. The molecule has 0 saturated carbocycles. The van der Waals surface area contributed by atoms with Gasteiger partial charge in [-0.3, -0.25) is 19.1 Å². The molecule has 0 aliphatic carbocycles. The van der Waals surface area contributed by atoms with E-state index in [1.54, 1.807) is 32.0 Å². The summed E-state index contributed by atoms with van der Waals surface area (Å²) in [6, 6.07) is 9.27. The van der Waals surface area contributed by atoms with Crippen LogP contribution in [0.15, 0.2) is 51.1 Å². The topological polar surface area (TPSA) is 194 Å². The van der Waals surface area contributed by atoms with Crippen LogP contribution in [0.1, 0.15) is 11.3 Å². The molecule has 2 heterocycles. The fraction of sp³-hybridized carbons (Fsp3) is 0.333. The van der Waals surface area contributed by atoms with Crippen LogP contribution in [0, 0.1) is 13.8 Å². The lowest BCUT2D eigenvalue weighted by molar-refractivity contribution is -0.192. The summed E-state index contributed by atoms with van der Waals surface area (Å²) in [5, 5.41) is 9.78. The van der Waals surface area contributed by atoms with E-state index in [4.69, 9.17) is 20.5 Å². The second-order valence-corrected chi connectivity index (χ2v) is 9.56. The summed E-state index contributed by atoms with van der Waals surface area (Å²) in [5.41, 5.74) is 8.36. The number of aryl methyl sites for hydroxylation is 2. The molecule has 1 amide bonds. The molecule has 1 aliphatic rings. The Morgan fingerprint density at radius 2 is 1.92 bits per heavy atom. The molecule has 13 nitrogen and oxygen atoms in total. The molecule has 0 bridgehead atoms. The van der Waals surface area contributed by atoms with Gasteiger partial charge in [-0.15, -0.1) is 0 Å². The van der Waals surface area contributed by atoms with Gasteiger partial charge in [0.1, 0.15) is 18.3 Å². The number of hydroxylamine groups is 1. The number of hydrogen-bond acceptors (Lipinski definition) is 9. The lowest BCUT2D eigenvalue weighted by Gasteiger charge is -2.21. The fourth-order valence-electron chi connectivity index (χ4n) is 2.88. The summed E-state index contributed by atoms with van der Waals surface area (Å²) in [7, 11) is -3.96. The first kappa shape index (κ1) is 30.1. The molecule has 1 aromatic carbocycles. The van der Waals surface area contributed by atoms with Gasteiger partial charge in [0.15, 0.2) is 0 Å². The van der Waals surface area contributed by atoms with Gasteiger partial charge in [-0.2, -0.15) is 13.2 Å². The Labute approximate surface area is 214 Å². The van der Waals surface area contributed by atoms with Crippen molar-refractivity contribution in [3.8, 4) is 0 Å². The van der Waals surface area contributed by atoms with E-state index >= 15 is 0 Å². The zero-order valence-corrected chi connectivity index (χ0v) is 20.9. The van der Waals surface area contributed by atoms with Crippen molar-refractivity contribution in [2.45, 2.75) is 37.6 Å². The number of halogens is 3. The molecule has 208 valence electrons. The predicted octanol–water partition coefficient (Wildman–Crippen LogP) is 0.234. The highest BCUT2D eigenvalue weighted by Gasteiger charge is 2.38. The molecule has 1 unspecified atom stereocenters. The second kappa shape index (κ2) is 12.4.